The summed E-state index contributed by atoms with van der Waals surface area (Å²) in [5.41, 5.74) is 3.95. The average Bonchev–Trinajstić information content (AvgIpc) is 3.21. The number of quaternary nitrogens is 1. The molecule has 0 bridgehead atoms. The van der Waals surface area contributed by atoms with E-state index in [2.05, 4.69) is 61.2 Å². The summed E-state index contributed by atoms with van der Waals surface area (Å²) in [6.07, 6.45) is 5.48. The molecule has 0 atom stereocenters. The molecule has 9 nitrogen and oxygen atoms in total. The Morgan fingerprint density at radius 1 is 1.08 bits per heavy atom. The molecule has 0 aliphatic carbocycles. The highest BCUT2D eigenvalue weighted by atomic mass is 16.6. The normalized spacial score (nSPS) is 10.7. The molecule has 190 valence electrons. The van der Waals surface area contributed by atoms with E-state index in [9.17, 15) is 14.9 Å². The van der Waals surface area contributed by atoms with Gasteiger partial charge < -0.3 is 19.3 Å². The first-order chi connectivity index (χ1) is 16.7. The van der Waals surface area contributed by atoms with E-state index < -0.39 is 4.92 Å². The third-order valence-corrected chi connectivity index (χ3v) is 5.33. The van der Waals surface area contributed by atoms with E-state index in [1.54, 1.807) is 24.5 Å². The van der Waals surface area contributed by atoms with Crippen LogP contribution in [0.15, 0.2) is 79.3 Å². The lowest BCUT2D eigenvalue weighted by Crippen LogP contribution is -2.33. The van der Waals surface area contributed by atoms with Gasteiger partial charge in [-0.15, -0.1) is 0 Å². The molecule has 0 saturated carbocycles. The quantitative estimate of drug-likeness (QED) is 0.157. The molecule has 0 aliphatic rings. The highest BCUT2D eigenvalue weighted by Gasteiger charge is 2.15. The molecule has 36 heavy (non-hydrogen) atoms. The summed E-state index contributed by atoms with van der Waals surface area (Å²) in [4.78, 5) is 26.2. The average molecular weight is 493 g/mol. The third kappa shape index (κ3) is 7.72. The van der Waals surface area contributed by atoms with Gasteiger partial charge >= 0.3 is 5.97 Å². The second-order valence-corrected chi connectivity index (χ2v) is 9.20. The Bertz CT molecular complexity index is 1280. The number of pyridine rings is 1. The number of nitrogens with zero attached hydrogens (tertiary/aromatic N) is 4. The molecule has 0 saturated heterocycles. The highest BCUT2D eigenvalue weighted by Crippen LogP contribution is 2.33. The van der Waals surface area contributed by atoms with Crippen LogP contribution in [-0.2, 0) is 22.6 Å². The van der Waals surface area contributed by atoms with Crippen LogP contribution in [0, 0.1) is 10.1 Å². The Morgan fingerprint density at radius 3 is 2.39 bits per heavy atom. The monoisotopic (exact) mass is 492 g/mol. The lowest BCUT2D eigenvalue weighted by molar-refractivity contribution is -0.884. The molecule has 2 heterocycles. The Hall–Kier alpha value is -4.08. The zero-order valence-electron chi connectivity index (χ0n) is 21.0. The van der Waals surface area contributed by atoms with E-state index in [-0.39, 0.29) is 23.6 Å². The SMILES string of the molecule is COC(=O)CCn1cc(-c2cccnc2)c2cc([N+](=O)[O-])ccc21.C[N+](C)(C)Cc1ccccc1.[OH-]. The second-order valence-electron chi connectivity index (χ2n) is 9.20. The number of esters is 1. The number of aromatic nitrogens is 2. The van der Waals surface area contributed by atoms with E-state index in [1.807, 2.05) is 22.9 Å². The zero-order chi connectivity index (χ0) is 25.4. The number of nitro benzene ring substituents is 1. The van der Waals surface area contributed by atoms with Crippen LogP contribution in [0.4, 0.5) is 5.69 Å². The number of nitro groups is 1. The van der Waals surface area contributed by atoms with E-state index in [4.69, 9.17) is 0 Å². The Morgan fingerprint density at radius 2 is 1.81 bits per heavy atom. The van der Waals surface area contributed by atoms with Crippen molar-refractivity contribution in [2.24, 2.45) is 0 Å². The van der Waals surface area contributed by atoms with Crippen LogP contribution < -0.4 is 0 Å². The van der Waals surface area contributed by atoms with Crippen molar-refractivity contribution in [2.75, 3.05) is 28.3 Å². The van der Waals surface area contributed by atoms with Gasteiger partial charge in [0.2, 0.25) is 0 Å². The summed E-state index contributed by atoms with van der Waals surface area (Å²) in [7, 11) is 7.95. The maximum absolute atomic E-state index is 11.4. The van der Waals surface area contributed by atoms with Crippen LogP contribution in [-0.4, -0.2) is 58.7 Å². The first-order valence-corrected chi connectivity index (χ1v) is 11.3. The van der Waals surface area contributed by atoms with Crippen molar-refractivity contribution in [3.8, 4) is 11.1 Å². The van der Waals surface area contributed by atoms with Gasteiger partial charge in [0.15, 0.2) is 0 Å². The fourth-order valence-corrected chi connectivity index (χ4v) is 3.78. The number of fused-ring (bicyclic) bond motifs is 1. The van der Waals surface area contributed by atoms with Crippen LogP contribution in [0.25, 0.3) is 22.0 Å². The molecule has 0 aliphatic heterocycles. The van der Waals surface area contributed by atoms with Crippen LogP contribution in [0.1, 0.15) is 12.0 Å². The molecular formula is C27H32N4O5. The number of hydrogen-bond donors (Lipinski definition) is 0. The van der Waals surface area contributed by atoms with Crippen molar-refractivity contribution >= 4 is 22.6 Å². The fraction of sp³-hybridized carbons (Fsp3) is 0.259. The lowest BCUT2D eigenvalue weighted by Gasteiger charge is -2.23. The number of aryl methyl sites for hydroxylation is 1. The van der Waals surface area contributed by atoms with Gasteiger partial charge in [-0.2, -0.15) is 0 Å². The molecule has 0 fully saturated rings. The van der Waals surface area contributed by atoms with Crippen molar-refractivity contribution in [3.63, 3.8) is 0 Å². The van der Waals surface area contributed by atoms with E-state index in [0.717, 1.165) is 33.1 Å². The van der Waals surface area contributed by atoms with E-state index in [0.29, 0.717) is 6.54 Å². The zero-order valence-corrected chi connectivity index (χ0v) is 21.0. The number of carbonyl (C=O) groups is 1. The lowest BCUT2D eigenvalue weighted by atomic mass is 10.1. The molecule has 1 N–H and O–H groups in total. The van der Waals surface area contributed by atoms with Crippen molar-refractivity contribution < 1.29 is 24.4 Å². The summed E-state index contributed by atoms with van der Waals surface area (Å²) < 4.78 is 7.57. The number of rotatable bonds is 7. The largest absolute Gasteiger partial charge is 0.870 e. The number of methoxy groups -OCH3 is 1. The van der Waals surface area contributed by atoms with Crippen LogP contribution in [0.3, 0.4) is 0 Å². The van der Waals surface area contributed by atoms with Crippen LogP contribution in [0.2, 0.25) is 0 Å². The molecule has 4 aromatic rings. The molecule has 0 unspecified atom stereocenters. The summed E-state index contributed by atoms with van der Waals surface area (Å²) >= 11 is 0. The molecule has 4 rings (SSSR count). The first kappa shape index (κ1) is 28.2. The smallest absolute Gasteiger partial charge is 0.307 e. The standard InChI is InChI=1S/C17H15N3O4.C10H16N.H2O/c1-24-17(21)6-8-19-11-15(12-3-2-7-18-10-12)14-9-13(20(22)23)4-5-16(14)19;1-11(2,3)9-10-7-5-4-6-8-10;/h2-5,7,9-11H,6,8H2,1H3;4-8H,9H2,1-3H3;1H2/q;+1;/p-1. The molecule has 2 aromatic carbocycles. The van der Waals surface area contributed by atoms with Crippen molar-refractivity contribution in [2.45, 2.75) is 19.5 Å². The molecule has 0 spiro atoms. The van der Waals surface area contributed by atoms with Crippen LogP contribution >= 0.6 is 0 Å². The minimum atomic E-state index is -0.418. The molecule has 0 radical (unpaired) electrons. The molecule has 2 aromatic heterocycles. The predicted molar refractivity (Wildman–Crippen MR) is 139 cm³/mol. The number of benzene rings is 2. The maximum Gasteiger partial charge on any atom is 0.307 e. The minimum absolute atomic E-state index is 0. The second kappa shape index (κ2) is 12.6. The maximum atomic E-state index is 11.4. The highest BCUT2D eigenvalue weighted by molar-refractivity contribution is 5.97. The van der Waals surface area contributed by atoms with Gasteiger partial charge in [-0.3, -0.25) is 19.9 Å². The van der Waals surface area contributed by atoms with Crippen molar-refractivity contribution in [1.82, 2.24) is 9.55 Å². The van der Waals surface area contributed by atoms with Gasteiger partial charge in [0.1, 0.15) is 6.54 Å². The molecular weight excluding hydrogens is 460 g/mol. The predicted octanol–water partition coefficient (Wildman–Crippen LogP) is 4.89. The summed E-state index contributed by atoms with van der Waals surface area (Å²) in [5, 5.41) is 11.8. The Kier molecular flexibility index (Phi) is 9.83. The van der Waals surface area contributed by atoms with Gasteiger partial charge in [0.25, 0.3) is 5.69 Å². The van der Waals surface area contributed by atoms with Gasteiger partial charge in [0, 0.05) is 64.9 Å². The van der Waals surface area contributed by atoms with E-state index in [1.165, 1.54) is 18.7 Å². The number of non-ortho nitro benzene ring substituents is 1. The first-order valence-electron chi connectivity index (χ1n) is 11.3. The Labute approximate surface area is 210 Å². The molecule has 9 heteroatoms. The third-order valence-electron chi connectivity index (χ3n) is 5.33. The summed E-state index contributed by atoms with van der Waals surface area (Å²) in [5.74, 6) is -0.304. The summed E-state index contributed by atoms with van der Waals surface area (Å²) in [6, 6.07) is 19.0. The topological polar surface area (TPSA) is 117 Å². The van der Waals surface area contributed by atoms with Crippen molar-refractivity contribution in [3.05, 3.63) is 94.9 Å². The van der Waals surface area contributed by atoms with Gasteiger partial charge in [-0.1, -0.05) is 36.4 Å². The minimum Gasteiger partial charge on any atom is -0.870 e. The number of ether oxygens (including phenoxy) is 1. The van der Waals surface area contributed by atoms with Crippen LogP contribution in [0.5, 0.6) is 0 Å². The number of carbonyl (C=O) groups excluding carboxylic acids is 1. The van der Waals surface area contributed by atoms with Gasteiger partial charge in [0.05, 0.1) is 39.6 Å². The van der Waals surface area contributed by atoms with Gasteiger partial charge in [-0.05, 0) is 12.1 Å². The molecule has 0 amide bonds. The summed E-state index contributed by atoms with van der Waals surface area (Å²) in [6.45, 7) is 1.53. The van der Waals surface area contributed by atoms with Gasteiger partial charge in [-0.25, -0.2) is 0 Å². The fourth-order valence-electron chi connectivity index (χ4n) is 3.78. The Balaban J connectivity index is 0.000000321. The van der Waals surface area contributed by atoms with Crippen molar-refractivity contribution in [1.29, 1.82) is 0 Å². The van der Waals surface area contributed by atoms with E-state index >= 15 is 0 Å². The number of hydrogen-bond acceptors (Lipinski definition) is 6.